The van der Waals surface area contributed by atoms with Crippen molar-refractivity contribution in [1.82, 2.24) is 14.8 Å². The number of carbonyl (C=O) groups is 1. The Morgan fingerprint density at radius 3 is 3.16 bits per heavy atom. The van der Waals surface area contributed by atoms with Crippen molar-refractivity contribution in [2.75, 3.05) is 25.0 Å². The number of aromatic nitrogens is 1. The largest absolute Gasteiger partial charge is 0.354 e. The molecular weight excluding hydrogens is 316 g/mol. The highest BCUT2D eigenvalue weighted by Crippen LogP contribution is 2.43. The summed E-state index contributed by atoms with van der Waals surface area (Å²) < 4.78 is 0. The van der Waals surface area contributed by atoms with E-state index in [0.717, 1.165) is 30.8 Å². The summed E-state index contributed by atoms with van der Waals surface area (Å²) in [4.78, 5) is 19.3. The lowest BCUT2D eigenvalue weighted by atomic mass is 9.69. The number of nitrogens with one attached hydrogen (secondary N) is 3. The molecule has 25 heavy (non-hydrogen) atoms. The Hall–Kier alpha value is -2.75. The number of amidine groups is 1. The van der Waals surface area contributed by atoms with Gasteiger partial charge in [-0.3, -0.25) is 10.2 Å². The molecule has 1 amide bonds. The average molecular weight is 340 g/mol. The molecular formula is C18H24N6O. The fourth-order valence-corrected chi connectivity index (χ4v) is 4.13. The molecule has 2 saturated heterocycles. The van der Waals surface area contributed by atoms with Gasteiger partial charge in [-0.15, -0.1) is 0 Å². The molecule has 2 unspecified atom stereocenters. The van der Waals surface area contributed by atoms with Crippen LogP contribution in [0.3, 0.4) is 0 Å². The summed E-state index contributed by atoms with van der Waals surface area (Å²) in [6, 6.07) is 3.84. The Morgan fingerprint density at radius 1 is 1.68 bits per heavy atom. The fraction of sp³-hybridized carbons (Fsp3) is 0.500. The van der Waals surface area contributed by atoms with Gasteiger partial charge in [0.25, 0.3) is 0 Å². The number of aromatic amines is 1. The van der Waals surface area contributed by atoms with Crippen molar-refractivity contribution in [3.63, 3.8) is 0 Å². The zero-order valence-electron chi connectivity index (χ0n) is 14.5. The molecule has 0 saturated carbocycles. The predicted octanol–water partition coefficient (Wildman–Crippen LogP) is 2.12. The summed E-state index contributed by atoms with van der Waals surface area (Å²) in [5.74, 6) is 1.47. The normalized spacial score (nSPS) is 25.2. The third-order valence-corrected chi connectivity index (χ3v) is 5.51. The van der Waals surface area contributed by atoms with Gasteiger partial charge in [0.2, 0.25) is 5.91 Å². The first-order valence-electron chi connectivity index (χ1n) is 8.59. The standard InChI is InChI=1S/C18H24N6O/c1-3-21-17-14(6-9-22-17)16(20)23-10-4-7-18(12-23)13(2)11-24(18)15(25)5-8-19/h3,6,9,13,20-22H,1,4-5,7,10-12H2,2H3. The van der Waals surface area contributed by atoms with Gasteiger partial charge in [0.15, 0.2) is 0 Å². The second-order valence-electron chi connectivity index (χ2n) is 6.83. The molecule has 0 aromatic carbocycles. The molecule has 2 atom stereocenters. The van der Waals surface area contributed by atoms with Gasteiger partial charge in [0, 0.05) is 25.8 Å². The average Bonchev–Trinajstić information content (AvgIpc) is 3.07. The van der Waals surface area contributed by atoms with Crippen LogP contribution in [0.4, 0.5) is 5.82 Å². The van der Waals surface area contributed by atoms with Crippen molar-refractivity contribution in [2.45, 2.75) is 31.7 Å². The van der Waals surface area contributed by atoms with Crippen LogP contribution in [0.2, 0.25) is 0 Å². The number of hydrogen-bond donors (Lipinski definition) is 3. The van der Waals surface area contributed by atoms with Gasteiger partial charge in [0.1, 0.15) is 18.1 Å². The van der Waals surface area contributed by atoms with Crippen LogP contribution in [0, 0.1) is 22.7 Å². The molecule has 7 heteroatoms. The Balaban J connectivity index is 1.79. The minimum atomic E-state index is -0.249. The first kappa shape index (κ1) is 17.1. The van der Waals surface area contributed by atoms with E-state index in [1.165, 1.54) is 0 Å². The quantitative estimate of drug-likeness (QED) is 0.577. The van der Waals surface area contributed by atoms with Crippen LogP contribution < -0.4 is 5.32 Å². The van der Waals surface area contributed by atoms with E-state index in [1.807, 2.05) is 21.9 Å². The van der Waals surface area contributed by atoms with Crippen molar-refractivity contribution >= 4 is 17.6 Å². The van der Waals surface area contributed by atoms with Gasteiger partial charge in [-0.25, -0.2) is 0 Å². The van der Waals surface area contributed by atoms with Gasteiger partial charge in [0.05, 0.1) is 17.2 Å². The molecule has 0 aliphatic carbocycles. The van der Waals surface area contributed by atoms with E-state index in [4.69, 9.17) is 10.7 Å². The molecule has 0 bridgehead atoms. The summed E-state index contributed by atoms with van der Waals surface area (Å²) in [7, 11) is 0. The maximum absolute atomic E-state index is 12.3. The number of carbonyl (C=O) groups excluding carboxylic acids is 1. The van der Waals surface area contributed by atoms with E-state index in [0.29, 0.717) is 24.8 Å². The number of H-pyrrole nitrogens is 1. The highest BCUT2D eigenvalue weighted by molar-refractivity contribution is 6.01. The van der Waals surface area contributed by atoms with Crippen LogP contribution in [-0.4, -0.2) is 51.7 Å². The van der Waals surface area contributed by atoms with Crippen LogP contribution in [0.15, 0.2) is 25.0 Å². The molecule has 132 valence electrons. The van der Waals surface area contributed by atoms with Crippen molar-refractivity contribution in [3.05, 3.63) is 30.6 Å². The summed E-state index contributed by atoms with van der Waals surface area (Å²) in [5, 5.41) is 20.5. The number of nitrogens with zero attached hydrogens (tertiary/aromatic N) is 3. The lowest BCUT2D eigenvalue weighted by Crippen LogP contribution is -2.73. The summed E-state index contributed by atoms with van der Waals surface area (Å²) in [6.07, 6.45) is 5.16. The number of hydrogen-bond acceptors (Lipinski definition) is 4. The number of piperidine rings is 1. The Labute approximate surface area is 147 Å². The topological polar surface area (TPSA) is 99.0 Å². The zero-order valence-corrected chi connectivity index (χ0v) is 14.5. The van der Waals surface area contributed by atoms with E-state index >= 15 is 0 Å². The lowest BCUT2D eigenvalue weighted by molar-refractivity contribution is -0.161. The highest BCUT2D eigenvalue weighted by Gasteiger charge is 2.55. The minimum absolute atomic E-state index is 0.0723. The van der Waals surface area contributed by atoms with Crippen molar-refractivity contribution in [3.8, 4) is 6.07 Å². The van der Waals surface area contributed by atoms with E-state index in [9.17, 15) is 4.79 Å². The summed E-state index contributed by atoms with van der Waals surface area (Å²) >= 11 is 0. The smallest absolute Gasteiger partial charge is 0.237 e. The van der Waals surface area contributed by atoms with Gasteiger partial charge in [-0.05, 0) is 31.0 Å². The lowest BCUT2D eigenvalue weighted by Gasteiger charge is -2.61. The summed E-state index contributed by atoms with van der Waals surface area (Å²) in [6.45, 7) is 7.97. The van der Waals surface area contributed by atoms with Crippen LogP contribution in [0.1, 0.15) is 31.7 Å². The Kier molecular flexibility index (Phi) is 4.53. The second-order valence-corrected chi connectivity index (χ2v) is 6.83. The molecule has 2 aliphatic heterocycles. The SMILES string of the molecule is C=CNc1[nH]ccc1C(=N)N1CCCC2(C1)C(C)CN2C(=O)CC#N. The first-order chi connectivity index (χ1) is 12.0. The van der Waals surface area contributed by atoms with E-state index in [1.54, 1.807) is 12.4 Å². The molecule has 1 spiro atoms. The van der Waals surface area contributed by atoms with Gasteiger partial charge >= 0.3 is 0 Å². The van der Waals surface area contributed by atoms with Crippen LogP contribution in [-0.2, 0) is 4.79 Å². The molecule has 7 nitrogen and oxygen atoms in total. The number of anilines is 1. The van der Waals surface area contributed by atoms with Crippen LogP contribution >= 0.6 is 0 Å². The number of likely N-dealkylation sites (tertiary alicyclic amines) is 2. The molecule has 1 aromatic heterocycles. The molecule has 2 fully saturated rings. The molecule has 3 rings (SSSR count). The van der Waals surface area contributed by atoms with E-state index in [2.05, 4.69) is 23.8 Å². The number of nitriles is 1. The second kappa shape index (κ2) is 6.63. The summed E-state index contributed by atoms with van der Waals surface area (Å²) in [5.41, 5.74) is 0.541. The fourth-order valence-electron chi connectivity index (χ4n) is 4.13. The van der Waals surface area contributed by atoms with E-state index in [-0.39, 0.29) is 17.9 Å². The molecule has 0 radical (unpaired) electrons. The Bertz CT molecular complexity index is 732. The monoisotopic (exact) mass is 340 g/mol. The Morgan fingerprint density at radius 2 is 2.48 bits per heavy atom. The van der Waals surface area contributed by atoms with Crippen molar-refractivity contribution in [1.29, 1.82) is 10.7 Å². The number of amides is 1. The van der Waals surface area contributed by atoms with Crippen LogP contribution in [0.5, 0.6) is 0 Å². The molecule has 3 heterocycles. The third-order valence-electron chi connectivity index (χ3n) is 5.51. The molecule has 2 aliphatic rings. The third kappa shape index (κ3) is 2.78. The van der Waals surface area contributed by atoms with E-state index < -0.39 is 0 Å². The molecule has 3 N–H and O–H groups in total. The minimum Gasteiger partial charge on any atom is -0.354 e. The predicted molar refractivity (Wildman–Crippen MR) is 96.1 cm³/mol. The van der Waals surface area contributed by atoms with Gasteiger partial charge in [-0.2, -0.15) is 5.26 Å². The van der Waals surface area contributed by atoms with Crippen molar-refractivity contribution in [2.24, 2.45) is 5.92 Å². The highest BCUT2D eigenvalue weighted by atomic mass is 16.2. The van der Waals surface area contributed by atoms with Crippen LogP contribution in [0.25, 0.3) is 0 Å². The maximum atomic E-state index is 12.3. The number of rotatable bonds is 4. The van der Waals surface area contributed by atoms with Gasteiger partial charge in [-0.1, -0.05) is 13.5 Å². The zero-order chi connectivity index (χ0) is 18.0. The molecule has 1 aromatic rings. The van der Waals surface area contributed by atoms with Crippen molar-refractivity contribution < 1.29 is 4.79 Å². The first-order valence-corrected chi connectivity index (χ1v) is 8.59. The van der Waals surface area contributed by atoms with Gasteiger partial charge < -0.3 is 20.1 Å². The maximum Gasteiger partial charge on any atom is 0.237 e.